The van der Waals surface area contributed by atoms with Crippen molar-refractivity contribution >= 4 is 28.7 Å². The van der Waals surface area contributed by atoms with Crippen molar-refractivity contribution in [3.05, 3.63) is 70.8 Å². The first-order chi connectivity index (χ1) is 13.7. The summed E-state index contributed by atoms with van der Waals surface area (Å²) in [5, 5.41) is 0. The van der Waals surface area contributed by atoms with E-state index in [1.54, 1.807) is 29.3 Å². The molecule has 1 aliphatic rings. The van der Waals surface area contributed by atoms with Gasteiger partial charge in [0.25, 0.3) is 17.5 Å². The molecule has 4 aromatic rings. The number of fused-ring (bicyclic) bond motifs is 2. The average Bonchev–Trinajstić information content (AvgIpc) is 3.18. The number of nitrogens with zero attached hydrogens (tertiary/aromatic N) is 5. The number of para-hydroxylation sites is 2. The Morgan fingerprint density at radius 1 is 1.00 bits per heavy atom. The Morgan fingerprint density at radius 2 is 1.79 bits per heavy atom. The number of hydrogen-bond donors (Lipinski definition) is 0. The maximum atomic E-state index is 12.9. The van der Waals surface area contributed by atoms with Crippen LogP contribution in [0.5, 0.6) is 0 Å². The van der Waals surface area contributed by atoms with E-state index in [0.29, 0.717) is 37.8 Å². The van der Waals surface area contributed by atoms with E-state index in [4.69, 9.17) is 4.42 Å². The fourth-order valence-corrected chi connectivity index (χ4v) is 3.44. The monoisotopic (exact) mass is 375 g/mol. The smallest absolute Gasteiger partial charge is 0.298 e. The predicted octanol–water partition coefficient (Wildman–Crippen LogP) is 1.80. The largest absolute Gasteiger partial charge is 0.423 e. The van der Waals surface area contributed by atoms with Crippen molar-refractivity contribution in [3.8, 4) is 0 Å². The molecular formula is C20H17N5O3. The number of rotatable bonds is 2. The Balaban J connectivity index is 1.34. The van der Waals surface area contributed by atoms with Gasteiger partial charge in [0.1, 0.15) is 16.7 Å². The minimum absolute atomic E-state index is 0.0824. The summed E-state index contributed by atoms with van der Waals surface area (Å²) >= 11 is 0. The highest BCUT2D eigenvalue weighted by Crippen LogP contribution is 2.22. The predicted molar refractivity (Wildman–Crippen MR) is 104 cm³/mol. The minimum atomic E-state index is -0.350. The van der Waals surface area contributed by atoms with Crippen molar-refractivity contribution in [1.82, 2.24) is 19.3 Å². The van der Waals surface area contributed by atoms with Gasteiger partial charge in [-0.15, -0.1) is 0 Å². The van der Waals surface area contributed by atoms with Crippen molar-refractivity contribution < 1.29 is 9.21 Å². The van der Waals surface area contributed by atoms with Crippen LogP contribution in [0, 0.1) is 0 Å². The van der Waals surface area contributed by atoms with Gasteiger partial charge in [-0.1, -0.05) is 18.2 Å². The fourth-order valence-electron chi connectivity index (χ4n) is 3.44. The highest BCUT2D eigenvalue weighted by molar-refractivity contribution is 5.94. The number of pyridine rings is 1. The molecule has 0 bridgehead atoms. The summed E-state index contributed by atoms with van der Waals surface area (Å²) in [6, 6.07) is 13.4. The minimum Gasteiger partial charge on any atom is -0.423 e. The van der Waals surface area contributed by atoms with E-state index in [2.05, 4.69) is 9.97 Å². The van der Waals surface area contributed by atoms with E-state index in [9.17, 15) is 9.59 Å². The summed E-state index contributed by atoms with van der Waals surface area (Å²) in [4.78, 5) is 37.9. The zero-order valence-electron chi connectivity index (χ0n) is 15.0. The molecule has 0 N–H and O–H groups in total. The molecule has 1 fully saturated rings. The number of carbonyl (C=O) groups is 1. The third kappa shape index (κ3) is 2.70. The first-order valence-electron chi connectivity index (χ1n) is 9.07. The molecule has 4 heterocycles. The summed E-state index contributed by atoms with van der Waals surface area (Å²) in [5.41, 5.74) is 1.80. The number of hydrogen-bond acceptors (Lipinski definition) is 6. The Bertz CT molecular complexity index is 1200. The molecule has 0 saturated carbocycles. The van der Waals surface area contributed by atoms with Crippen LogP contribution >= 0.6 is 0 Å². The summed E-state index contributed by atoms with van der Waals surface area (Å²) in [6.07, 6.45) is 2.99. The molecule has 0 radical (unpaired) electrons. The second-order valence-corrected chi connectivity index (χ2v) is 6.65. The molecule has 1 amide bonds. The quantitative estimate of drug-likeness (QED) is 0.531. The number of aromatic nitrogens is 3. The van der Waals surface area contributed by atoms with E-state index in [0.717, 1.165) is 11.1 Å². The van der Waals surface area contributed by atoms with Crippen LogP contribution in [0.2, 0.25) is 0 Å². The van der Waals surface area contributed by atoms with Gasteiger partial charge < -0.3 is 14.2 Å². The van der Waals surface area contributed by atoms with E-state index in [1.807, 2.05) is 29.2 Å². The van der Waals surface area contributed by atoms with Crippen molar-refractivity contribution in [1.29, 1.82) is 0 Å². The molecule has 0 aliphatic carbocycles. The van der Waals surface area contributed by atoms with Gasteiger partial charge in [-0.05, 0) is 24.3 Å². The van der Waals surface area contributed by atoms with Gasteiger partial charge in [0.15, 0.2) is 5.58 Å². The second-order valence-electron chi connectivity index (χ2n) is 6.65. The summed E-state index contributed by atoms with van der Waals surface area (Å²) in [6.45, 7) is 2.13. The maximum absolute atomic E-state index is 12.9. The topological polar surface area (TPSA) is 84.0 Å². The van der Waals surface area contributed by atoms with Crippen molar-refractivity contribution in [2.45, 2.75) is 0 Å². The van der Waals surface area contributed by atoms with Gasteiger partial charge in [0.05, 0.1) is 0 Å². The third-order valence-electron chi connectivity index (χ3n) is 4.96. The lowest BCUT2D eigenvalue weighted by Crippen LogP contribution is -2.50. The van der Waals surface area contributed by atoms with Gasteiger partial charge >= 0.3 is 0 Å². The third-order valence-corrected chi connectivity index (χ3v) is 4.96. The van der Waals surface area contributed by atoms with Crippen LogP contribution in [-0.2, 0) is 0 Å². The standard InChI is InChI=1S/C20H17N5O3/c26-18(14-13-21-17-7-3-4-8-25(17)19(14)27)23-9-11-24(12-10-23)20-22-15-5-1-2-6-16(15)28-20/h1-8,13H,9-12H2. The van der Waals surface area contributed by atoms with Crippen LogP contribution in [0.15, 0.2) is 64.1 Å². The molecule has 0 unspecified atom stereocenters. The van der Waals surface area contributed by atoms with Crippen LogP contribution in [0.3, 0.4) is 0 Å². The van der Waals surface area contributed by atoms with Crippen LogP contribution in [0.1, 0.15) is 10.4 Å². The van der Waals surface area contributed by atoms with Crippen LogP contribution in [-0.4, -0.2) is 51.4 Å². The molecule has 1 saturated heterocycles. The molecular weight excluding hydrogens is 358 g/mol. The first kappa shape index (κ1) is 16.5. The Hall–Kier alpha value is -3.68. The lowest BCUT2D eigenvalue weighted by Gasteiger charge is -2.33. The average molecular weight is 375 g/mol. The van der Waals surface area contributed by atoms with Crippen molar-refractivity contribution in [3.63, 3.8) is 0 Å². The molecule has 28 heavy (non-hydrogen) atoms. The lowest BCUT2D eigenvalue weighted by atomic mass is 10.2. The van der Waals surface area contributed by atoms with Gasteiger partial charge in [0.2, 0.25) is 0 Å². The second kappa shape index (κ2) is 6.49. The summed E-state index contributed by atoms with van der Waals surface area (Å²) in [5.74, 6) is -0.298. The normalized spacial score (nSPS) is 14.7. The van der Waals surface area contributed by atoms with Crippen LogP contribution in [0.25, 0.3) is 16.7 Å². The molecule has 8 heteroatoms. The number of oxazole rings is 1. The Morgan fingerprint density at radius 3 is 2.61 bits per heavy atom. The van der Waals surface area contributed by atoms with Crippen LogP contribution in [0.4, 0.5) is 6.01 Å². The lowest BCUT2D eigenvalue weighted by molar-refractivity contribution is 0.0742. The number of benzene rings is 1. The Kier molecular flexibility index (Phi) is 3.82. The zero-order chi connectivity index (χ0) is 19.1. The van der Waals surface area contributed by atoms with Gasteiger partial charge in [-0.3, -0.25) is 14.0 Å². The summed E-state index contributed by atoms with van der Waals surface area (Å²) in [7, 11) is 0. The van der Waals surface area contributed by atoms with E-state index in [-0.39, 0.29) is 17.0 Å². The van der Waals surface area contributed by atoms with Crippen molar-refractivity contribution in [2.75, 3.05) is 31.1 Å². The molecule has 8 nitrogen and oxygen atoms in total. The first-order valence-corrected chi connectivity index (χ1v) is 9.07. The molecule has 1 aromatic carbocycles. The summed E-state index contributed by atoms with van der Waals surface area (Å²) < 4.78 is 7.19. The van der Waals surface area contributed by atoms with E-state index >= 15 is 0 Å². The highest BCUT2D eigenvalue weighted by Gasteiger charge is 2.26. The SMILES string of the molecule is O=C(c1cnc2ccccn2c1=O)N1CCN(c2nc3ccccc3o2)CC1. The van der Waals surface area contributed by atoms with Crippen molar-refractivity contribution in [2.24, 2.45) is 0 Å². The molecule has 0 atom stereocenters. The number of piperazine rings is 1. The van der Waals surface area contributed by atoms with Crippen LogP contribution < -0.4 is 10.5 Å². The fraction of sp³-hybridized carbons (Fsp3) is 0.200. The maximum Gasteiger partial charge on any atom is 0.298 e. The highest BCUT2D eigenvalue weighted by atomic mass is 16.4. The molecule has 5 rings (SSSR count). The zero-order valence-corrected chi connectivity index (χ0v) is 15.0. The number of carbonyl (C=O) groups excluding carboxylic acids is 1. The molecule has 1 aliphatic heterocycles. The number of amides is 1. The van der Waals surface area contributed by atoms with Gasteiger partial charge in [-0.2, -0.15) is 4.98 Å². The van der Waals surface area contributed by atoms with E-state index in [1.165, 1.54) is 10.6 Å². The molecule has 140 valence electrons. The van der Waals surface area contributed by atoms with E-state index < -0.39 is 0 Å². The number of anilines is 1. The Labute approximate surface area is 159 Å². The molecule has 0 spiro atoms. The molecule has 3 aromatic heterocycles. The van der Waals surface area contributed by atoms with Gasteiger partial charge in [0, 0.05) is 38.6 Å². The van der Waals surface area contributed by atoms with Gasteiger partial charge in [-0.25, -0.2) is 4.98 Å².